The van der Waals surface area contributed by atoms with E-state index in [2.05, 4.69) is 10.3 Å². The minimum atomic E-state index is -0.788. The summed E-state index contributed by atoms with van der Waals surface area (Å²) in [5.74, 6) is 0. The largest absolute Gasteiger partial charge is 0.386 e. The van der Waals surface area contributed by atoms with Crippen LogP contribution in [-0.2, 0) is 6.54 Å². The van der Waals surface area contributed by atoms with E-state index >= 15 is 0 Å². The van der Waals surface area contributed by atoms with E-state index in [0.29, 0.717) is 10.9 Å². The van der Waals surface area contributed by atoms with Gasteiger partial charge < -0.3 is 5.11 Å². The maximum atomic E-state index is 12.2. The van der Waals surface area contributed by atoms with Crippen molar-refractivity contribution in [2.45, 2.75) is 12.6 Å². The highest BCUT2D eigenvalue weighted by Crippen LogP contribution is 2.13. The molecular weight excluding hydrogens is 254 g/mol. The third kappa shape index (κ3) is 2.31. The van der Waals surface area contributed by atoms with Gasteiger partial charge in [0.15, 0.2) is 0 Å². The second-order valence-corrected chi connectivity index (χ2v) is 4.52. The van der Waals surface area contributed by atoms with Gasteiger partial charge in [-0.1, -0.05) is 47.7 Å². The smallest absolute Gasteiger partial charge is 0.277 e. The van der Waals surface area contributed by atoms with Crippen LogP contribution in [0.5, 0.6) is 0 Å². The Labute approximate surface area is 115 Å². The first-order valence-corrected chi connectivity index (χ1v) is 6.31. The standard InChI is InChI=1S/C15H13N3O2/c19-14(11-6-2-1-3-7-11)10-18-15(20)12-8-4-5-9-13(12)16-17-18/h1-9,14,19H,10H2/t14-/m1/s1. The van der Waals surface area contributed by atoms with Crippen LogP contribution in [0.1, 0.15) is 11.7 Å². The lowest BCUT2D eigenvalue weighted by Gasteiger charge is -2.11. The predicted molar refractivity (Wildman–Crippen MR) is 75.2 cm³/mol. The van der Waals surface area contributed by atoms with Gasteiger partial charge in [0, 0.05) is 0 Å². The van der Waals surface area contributed by atoms with Gasteiger partial charge in [0.2, 0.25) is 0 Å². The summed E-state index contributed by atoms with van der Waals surface area (Å²) in [4.78, 5) is 12.2. The van der Waals surface area contributed by atoms with E-state index in [1.54, 1.807) is 24.3 Å². The Morgan fingerprint density at radius 3 is 2.55 bits per heavy atom. The number of aliphatic hydroxyl groups excluding tert-OH is 1. The molecule has 5 heteroatoms. The first kappa shape index (κ1) is 12.5. The summed E-state index contributed by atoms with van der Waals surface area (Å²) in [5, 5.41) is 18.5. The van der Waals surface area contributed by atoms with Gasteiger partial charge in [0.1, 0.15) is 5.52 Å². The van der Waals surface area contributed by atoms with Crippen molar-refractivity contribution in [3.63, 3.8) is 0 Å². The number of benzene rings is 2. The minimum absolute atomic E-state index is 0.0840. The molecule has 0 saturated heterocycles. The maximum Gasteiger partial charge on any atom is 0.277 e. The summed E-state index contributed by atoms with van der Waals surface area (Å²) >= 11 is 0. The van der Waals surface area contributed by atoms with E-state index in [1.165, 1.54) is 4.68 Å². The molecule has 0 aliphatic carbocycles. The van der Waals surface area contributed by atoms with Crippen molar-refractivity contribution in [2.24, 2.45) is 0 Å². The summed E-state index contributed by atoms with van der Waals surface area (Å²) < 4.78 is 1.19. The van der Waals surface area contributed by atoms with E-state index in [4.69, 9.17) is 0 Å². The molecule has 1 N–H and O–H groups in total. The average Bonchev–Trinajstić information content (AvgIpc) is 2.51. The molecule has 0 spiro atoms. The molecule has 1 aromatic heterocycles. The van der Waals surface area contributed by atoms with Gasteiger partial charge in [-0.15, -0.1) is 5.10 Å². The molecule has 3 rings (SSSR count). The average molecular weight is 267 g/mol. The van der Waals surface area contributed by atoms with Gasteiger partial charge in [0.25, 0.3) is 5.56 Å². The second-order valence-electron chi connectivity index (χ2n) is 4.52. The molecule has 0 amide bonds. The molecule has 0 aliphatic heterocycles. The van der Waals surface area contributed by atoms with Crippen molar-refractivity contribution in [3.05, 3.63) is 70.5 Å². The molecule has 1 atom stereocenters. The molecule has 20 heavy (non-hydrogen) atoms. The van der Waals surface area contributed by atoms with E-state index < -0.39 is 6.10 Å². The number of aliphatic hydroxyl groups is 1. The number of rotatable bonds is 3. The molecule has 100 valence electrons. The Kier molecular flexibility index (Phi) is 3.26. The minimum Gasteiger partial charge on any atom is -0.386 e. The number of nitrogens with zero attached hydrogens (tertiary/aromatic N) is 3. The van der Waals surface area contributed by atoms with Crippen LogP contribution in [0.3, 0.4) is 0 Å². The summed E-state index contributed by atoms with van der Waals surface area (Å²) in [7, 11) is 0. The monoisotopic (exact) mass is 267 g/mol. The number of fused-ring (bicyclic) bond motifs is 1. The Morgan fingerprint density at radius 2 is 1.75 bits per heavy atom. The van der Waals surface area contributed by atoms with Crippen molar-refractivity contribution in [3.8, 4) is 0 Å². The number of hydrogen-bond acceptors (Lipinski definition) is 4. The fourth-order valence-corrected chi connectivity index (χ4v) is 2.09. The van der Waals surface area contributed by atoms with Crippen LogP contribution in [0.25, 0.3) is 10.9 Å². The number of hydrogen-bond donors (Lipinski definition) is 1. The molecule has 0 aliphatic rings. The fourth-order valence-electron chi connectivity index (χ4n) is 2.09. The highest BCUT2D eigenvalue weighted by molar-refractivity contribution is 5.76. The third-order valence-corrected chi connectivity index (χ3v) is 3.16. The lowest BCUT2D eigenvalue weighted by molar-refractivity contribution is 0.148. The molecule has 2 aromatic carbocycles. The predicted octanol–water partition coefficient (Wildman–Crippen LogP) is 1.53. The van der Waals surface area contributed by atoms with Crippen LogP contribution in [0.15, 0.2) is 59.4 Å². The third-order valence-electron chi connectivity index (χ3n) is 3.16. The van der Waals surface area contributed by atoms with Crippen molar-refractivity contribution >= 4 is 10.9 Å². The zero-order chi connectivity index (χ0) is 13.9. The van der Waals surface area contributed by atoms with Crippen molar-refractivity contribution < 1.29 is 5.11 Å². The van der Waals surface area contributed by atoms with Gasteiger partial charge in [0.05, 0.1) is 18.0 Å². The first-order chi connectivity index (χ1) is 9.75. The Bertz CT molecular complexity index is 784. The Balaban J connectivity index is 1.96. The van der Waals surface area contributed by atoms with Crippen LogP contribution in [0.4, 0.5) is 0 Å². The molecule has 0 bridgehead atoms. The lowest BCUT2D eigenvalue weighted by Crippen LogP contribution is -2.27. The molecule has 1 heterocycles. The van der Waals surface area contributed by atoms with E-state index in [0.717, 1.165) is 5.56 Å². The van der Waals surface area contributed by atoms with Crippen molar-refractivity contribution in [1.29, 1.82) is 0 Å². The van der Waals surface area contributed by atoms with Gasteiger partial charge >= 0.3 is 0 Å². The first-order valence-electron chi connectivity index (χ1n) is 6.31. The summed E-state index contributed by atoms with van der Waals surface area (Å²) in [6.07, 6.45) is -0.788. The summed E-state index contributed by atoms with van der Waals surface area (Å²) in [6, 6.07) is 16.2. The van der Waals surface area contributed by atoms with Crippen LogP contribution in [0, 0.1) is 0 Å². The molecule has 5 nitrogen and oxygen atoms in total. The Morgan fingerprint density at radius 1 is 1.05 bits per heavy atom. The van der Waals surface area contributed by atoms with Crippen LogP contribution in [-0.4, -0.2) is 20.1 Å². The fraction of sp³-hybridized carbons (Fsp3) is 0.133. The SMILES string of the molecule is O=c1c2ccccc2nnn1C[C@@H](O)c1ccccc1. The molecule has 0 fully saturated rings. The topological polar surface area (TPSA) is 68.0 Å². The van der Waals surface area contributed by atoms with Crippen LogP contribution in [0.2, 0.25) is 0 Å². The second kappa shape index (κ2) is 5.22. The van der Waals surface area contributed by atoms with Crippen molar-refractivity contribution in [2.75, 3.05) is 0 Å². The highest BCUT2D eigenvalue weighted by atomic mass is 16.3. The Hall–Kier alpha value is -2.53. The number of aromatic nitrogens is 3. The van der Waals surface area contributed by atoms with Crippen LogP contribution < -0.4 is 5.56 Å². The van der Waals surface area contributed by atoms with E-state index in [-0.39, 0.29) is 12.1 Å². The van der Waals surface area contributed by atoms with Crippen molar-refractivity contribution in [1.82, 2.24) is 15.0 Å². The van der Waals surface area contributed by atoms with Gasteiger partial charge in [-0.3, -0.25) is 4.79 Å². The molecule has 0 saturated carbocycles. The highest BCUT2D eigenvalue weighted by Gasteiger charge is 2.11. The lowest BCUT2D eigenvalue weighted by atomic mass is 10.1. The van der Waals surface area contributed by atoms with Gasteiger partial charge in [-0.25, -0.2) is 4.68 Å². The molecule has 3 aromatic rings. The van der Waals surface area contributed by atoms with E-state index in [9.17, 15) is 9.90 Å². The van der Waals surface area contributed by atoms with Gasteiger partial charge in [-0.05, 0) is 17.7 Å². The molecule has 0 unspecified atom stereocenters. The summed E-state index contributed by atoms with van der Waals surface area (Å²) in [6.45, 7) is 0.0840. The molecular formula is C15H13N3O2. The zero-order valence-corrected chi connectivity index (χ0v) is 10.7. The molecule has 0 radical (unpaired) electrons. The quantitative estimate of drug-likeness (QED) is 0.781. The van der Waals surface area contributed by atoms with Crippen LogP contribution >= 0.6 is 0 Å². The summed E-state index contributed by atoms with van der Waals surface area (Å²) in [5.41, 5.74) is 1.06. The zero-order valence-electron chi connectivity index (χ0n) is 10.7. The maximum absolute atomic E-state index is 12.2. The normalized spacial score (nSPS) is 12.4. The van der Waals surface area contributed by atoms with E-state index in [1.807, 2.05) is 30.3 Å². The van der Waals surface area contributed by atoms with Gasteiger partial charge in [-0.2, -0.15) is 0 Å².